The summed E-state index contributed by atoms with van der Waals surface area (Å²) in [5.74, 6) is -1.13. The molecule has 1 aliphatic heterocycles. The SMILES string of the molecule is CC(c1c(F)ccc(F)c1Cl)N1C(=O)CNc2ncc(I)cc21. The highest BCUT2D eigenvalue weighted by Crippen LogP contribution is 2.38. The molecule has 1 aromatic carbocycles. The third-order valence-electron chi connectivity index (χ3n) is 3.65. The summed E-state index contributed by atoms with van der Waals surface area (Å²) < 4.78 is 28.7. The van der Waals surface area contributed by atoms with Crippen LogP contribution in [0.1, 0.15) is 18.5 Å². The van der Waals surface area contributed by atoms with Crippen molar-refractivity contribution in [3.8, 4) is 0 Å². The van der Waals surface area contributed by atoms with Crippen LogP contribution in [0.2, 0.25) is 5.02 Å². The number of pyridine rings is 1. The first kappa shape index (κ1) is 16.4. The van der Waals surface area contributed by atoms with E-state index in [-0.39, 0.29) is 23.0 Å². The second-order valence-electron chi connectivity index (χ2n) is 5.07. The van der Waals surface area contributed by atoms with Crippen molar-refractivity contribution in [3.63, 3.8) is 0 Å². The van der Waals surface area contributed by atoms with Crippen molar-refractivity contribution >= 4 is 51.6 Å². The van der Waals surface area contributed by atoms with Gasteiger partial charge >= 0.3 is 0 Å². The number of fused-ring (bicyclic) bond motifs is 1. The Morgan fingerprint density at radius 2 is 2.09 bits per heavy atom. The molecule has 23 heavy (non-hydrogen) atoms. The second-order valence-corrected chi connectivity index (χ2v) is 6.69. The van der Waals surface area contributed by atoms with Crippen LogP contribution in [0.25, 0.3) is 0 Å². The highest BCUT2D eigenvalue weighted by Gasteiger charge is 2.32. The summed E-state index contributed by atoms with van der Waals surface area (Å²) in [5.41, 5.74) is 0.465. The van der Waals surface area contributed by atoms with Crippen LogP contribution in [0.15, 0.2) is 24.4 Å². The quantitative estimate of drug-likeness (QED) is 0.554. The molecule has 0 bridgehead atoms. The van der Waals surface area contributed by atoms with Gasteiger partial charge in [0.2, 0.25) is 5.91 Å². The average molecular weight is 450 g/mol. The van der Waals surface area contributed by atoms with Crippen LogP contribution in [0.5, 0.6) is 0 Å². The van der Waals surface area contributed by atoms with Crippen LogP contribution < -0.4 is 10.2 Å². The molecule has 2 heterocycles. The van der Waals surface area contributed by atoms with E-state index in [1.54, 1.807) is 19.2 Å². The number of hydrogen-bond acceptors (Lipinski definition) is 3. The van der Waals surface area contributed by atoms with E-state index in [0.29, 0.717) is 11.5 Å². The van der Waals surface area contributed by atoms with Crippen molar-refractivity contribution in [2.24, 2.45) is 0 Å². The smallest absolute Gasteiger partial charge is 0.247 e. The molecule has 1 aromatic heterocycles. The second kappa shape index (κ2) is 6.20. The number of benzene rings is 1. The Kier molecular flexibility index (Phi) is 4.41. The van der Waals surface area contributed by atoms with Crippen molar-refractivity contribution in [1.29, 1.82) is 0 Å². The topological polar surface area (TPSA) is 45.2 Å². The van der Waals surface area contributed by atoms with E-state index in [0.717, 1.165) is 15.7 Å². The lowest BCUT2D eigenvalue weighted by Crippen LogP contribution is -2.42. The summed E-state index contributed by atoms with van der Waals surface area (Å²) in [6, 6.07) is 2.96. The third kappa shape index (κ3) is 2.87. The first-order valence-electron chi connectivity index (χ1n) is 6.75. The zero-order valence-electron chi connectivity index (χ0n) is 11.9. The van der Waals surface area contributed by atoms with Crippen molar-refractivity contribution < 1.29 is 13.6 Å². The summed E-state index contributed by atoms with van der Waals surface area (Å²) in [6.07, 6.45) is 1.65. The Hall–Kier alpha value is -1.48. The average Bonchev–Trinajstić information content (AvgIpc) is 2.51. The largest absolute Gasteiger partial charge is 0.359 e. The molecule has 0 fully saturated rings. The molecule has 1 atom stereocenters. The molecule has 0 saturated heterocycles. The van der Waals surface area contributed by atoms with Gasteiger partial charge < -0.3 is 5.32 Å². The molecule has 8 heteroatoms. The van der Waals surface area contributed by atoms with Crippen molar-refractivity contribution in [1.82, 2.24) is 4.98 Å². The Morgan fingerprint density at radius 1 is 1.39 bits per heavy atom. The van der Waals surface area contributed by atoms with E-state index in [4.69, 9.17) is 11.6 Å². The lowest BCUT2D eigenvalue weighted by Gasteiger charge is -2.35. The lowest BCUT2D eigenvalue weighted by atomic mass is 10.0. The standard InChI is InChI=1S/C15H11ClF2IN3O/c1-7(13-9(17)2-3-10(18)14(13)16)22-11-4-8(19)5-20-15(11)21-6-12(22)23/h2-5,7H,6H2,1H3,(H,20,21). The molecule has 4 nitrogen and oxygen atoms in total. The predicted octanol–water partition coefficient (Wildman–Crippen LogP) is 4.14. The Balaban J connectivity index is 2.13. The molecular weight excluding hydrogens is 439 g/mol. The Morgan fingerprint density at radius 3 is 2.83 bits per heavy atom. The summed E-state index contributed by atoms with van der Waals surface area (Å²) in [4.78, 5) is 18.0. The third-order valence-corrected chi connectivity index (χ3v) is 4.63. The minimum Gasteiger partial charge on any atom is -0.359 e. The molecule has 1 unspecified atom stereocenters. The van der Waals surface area contributed by atoms with Gasteiger partial charge in [-0.05, 0) is 47.7 Å². The fraction of sp³-hybridized carbons (Fsp3) is 0.200. The van der Waals surface area contributed by atoms with Crippen LogP contribution in [0.3, 0.4) is 0 Å². The van der Waals surface area contributed by atoms with Crippen LogP contribution >= 0.6 is 34.2 Å². The fourth-order valence-electron chi connectivity index (χ4n) is 2.61. The maximum Gasteiger partial charge on any atom is 0.247 e. The molecule has 0 aliphatic carbocycles. The summed E-state index contributed by atoms with van der Waals surface area (Å²) in [7, 11) is 0. The Bertz CT molecular complexity index is 803. The molecule has 0 spiro atoms. The van der Waals surface area contributed by atoms with Crippen LogP contribution in [0, 0.1) is 15.2 Å². The molecular formula is C15H11ClF2IN3O. The highest BCUT2D eigenvalue weighted by atomic mass is 127. The number of carbonyl (C=O) groups excluding carboxylic acids is 1. The maximum absolute atomic E-state index is 14.2. The molecule has 3 rings (SSSR count). The number of nitrogens with zero attached hydrogens (tertiary/aromatic N) is 2. The lowest BCUT2D eigenvalue weighted by molar-refractivity contribution is -0.117. The van der Waals surface area contributed by atoms with Crippen LogP contribution in [-0.4, -0.2) is 17.4 Å². The van der Waals surface area contributed by atoms with Gasteiger partial charge in [0, 0.05) is 15.3 Å². The van der Waals surface area contributed by atoms with Gasteiger partial charge in [0.1, 0.15) is 11.6 Å². The molecule has 1 N–H and O–H groups in total. The van der Waals surface area contributed by atoms with Gasteiger partial charge in [0.25, 0.3) is 0 Å². The van der Waals surface area contributed by atoms with Gasteiger partial charge in [-0.3, -0.25) is 9.69 Å². The number of aromatic nitrogens is 1. The van der Waals surface area contributed by atoms with Crippen LogP contribution in [0.4, 0.5) is 20.3 Å². The predicted molar refractivity (Wildman–Crippen MR) is 92.7 cm³/mol. The van der Waals surface area contributed by atoms with Gasteiger partial charge in [-0.25, -0.2) is 13.8 Å². The minimum absolute atomic E-state index is 0.0273. The molecule has 120 valence electrons. The minimum atomic E-state index is -0.772. The zero-order valence-corrected chi connectivity index (χ0v) is 14.8. The zero-order chi connectivity index (χ0) is 16.7. The van der Waals surface area contributed by atoms with Crippen molar-refractivity contribution in [3.05, 3.63) is 50.2 Å². The summed E-state index contributed by atoms with van der Waals surface area (Å²) in [6.45, 7) is 1.64. The van der Waals surface area contributed by atoms with E-state index in [1.807, 2.05) is 0 Å². The molecule has 0 saturated carbocycles. The van der Waals surface area contributed by atoms with E-state index in [9.17, 15) is 13.6 Å². The summed E-state index contributed by atoms with van der Waals surface area (Å²) in [5, 5.41) is 2.59. The van der Waals surface area contributed by atoms with E-state index in [1.165, 1.54) is 4.90 Å². The van der Waals surface area contributed by atoms with Crippen molar-refractivity contribution in [2.75, 3.05) is 16.8 Å². The van der Waals surface area contributed by atoms with Gasteiger partial charge in [-0.2, -0.15) is 0 Å². The van der Waals surface area contributed by atoms with Crippen molar-refractivity contribution in [2.45, 2.75) is 13.0 Å². The number of carbonyl (C=O) groups is 1. The molecule has 1 amide bonds. The number of rotatable bonds is 2. The van der Waals surface area contributed by atoms with Gasteiger partial charge in [0.15, 0.2) is 5.82 Å². The molecule has 1 aliphatic rings. The first-order chi connectivity index (χ1) is 10.9. The highest BCUT2D eigenvalue weighted by molar-refractivity contribution is 14.1. The number of amides is 1. The molecule has 0 radical (unpaired) electrons. The number of nitrogens with one attached hydrogen (secondary N) is 1. The van der Waals surface area contributed by atoms with Gasteiger partial charge in [-0.15, -0.1) is 0 Å². The van der Waals surface area contributed by atoms with Gasteiger partial charge in [0.05, 0.1) is 23.3 Å². The number of halogens is 4. The normalized spacial score (nSPS) is 15.2. The van der Waals surface area contributed by atoms with E-state index >= 15 is 0 Å². The molecule has 2 aromatic rings. The fourth-order valence-corrected chi connectivity index (χ4v) is 3.35. The first-order valence-corrected chi connectivity index (χ1v) is 8.20. The van der Waals surface area contributed by atoms with Gasteiger partial charge in [-0.1, -0.05) is 11.6 Å². The monoisotopic (exact) mass is 449 g/mol. The Labute approximate surface area is 150 Å². The number of hydrogen-bond donors (Lipinski definition) is 1. The summed E-state index contributed by atoms with van der Waals surface area (Å²) >= 11 is 8.00. The maximum atomic E-state index is 14.2. The number of anilines is 2. The van der Waals surface area contributed by atoms with Crippen LogP contribution in [-0.2, 0) is 4.79 Å². The van der Waals surface area contributed by atoms with E-state index in [2.05, 4.69) is 32.9 Å². The van der Waals surface area contributed by atoms with E-state index < -0.39 is 17.7 Å².